The van der Waals surface area contributed by atoms with Crippen LogP contribution in [0.15, 0.2) is 18.5 Å². The molecule has 1 aliphatic heterocycles. The number of pyridine rings is 1. The van der Waals surface area contributed by atoms with E-state index < -0.39 is 0 Å². The van der Waals surface area contributed by atoms with E-state index >= 15 is 0 Å². The molecule has 1 N–H and O–H groups in total. The fraction of sp³-hybridized carbons (Fsp3) is 0.400. The second-order valence-corrected chi connectivity index (χ2v) is 7.14. The number of aliphatic hydroxyl groups excluding tert-OH is 1. The highest BCUT2D eigenvalue weighted by atomic mass is 16.3. The van der Waals surface area contributed by atoms with Crippen LogP contribution in [0, 0.1) is 20.8 Å². The van der Waals surface area contributed by atoms with Gasteiger partial charge in [0.15, 0.2) is 5.82 Å². The number of anilines is 1. The van der Waals surface area contributed by atoms with Crippen molar-refractivity contribution in [2.75, 3.05) is 11.4 Å². The number of aliphatic hydroxyl groups is 1. The predicted molar refractivity (Wildman–Crippen MR) is 103 cm³/mol. The van der Waals surface area contributed by atoms with E-state index in [9.17, 15) is 5.11 Å². The van der Waals surface area contributed by atoms with E-state index in [1.165, 1.54) is 5.56 Å². The highest BCUT2D eigenvalue weighted by Gasteiger charge is 2.22. The van der Waals surface area contributed by atoms with Crippen molar-refractivity contribution in [3.63, 3.8) is 0 Å². The summed E-state index contributed by atoms with van der Waals surface area (Å²) in [5.74, 6) is 1.37. The summed E-state index contributed by atoms with van der Waals surface area (Å²) >= 11 is 0. The van der Waals surface area contributed by atoms with Gasteiger partial charge in [-0.3, -0.25) is 9.67 Å². The zero-order valence-electron chi connectivity index (χ0n) is 16.2. The summed E-state index contributed by atoms with van der Waals surface area (Å²) in [7, 11) is 1.93. The third kappa shape index (κ3) is 3.19. The lowest BCUT2D eigenvalue weighted by atomic mass is 10.0. The van der Waals surface area contributed by atoms with Gasteiger partial charge in [0.2, 0.25) is 0 Å². The topological polar surface area (TPSA) is 80.0 Å². The third-order valence-corrected chi connectivity index (χ3v) is 5.21. The van der Waals surface area contributed by atoms with Gasteiger partial charge in [-0.2, -0.15) is 5.10 Å². The van der Waals surface area contributed by atoms with Crippen molar-refractivity contribution in [2.45, 2.75) is 40.3 Å². The van der Waals surface area contributed by atoms with E-state index in [4.69, 9.17) is 4.98 Å². The highest BCUT2D eigenvalue weighted by Crippen LogP contribution is 2.29. The smallest absolute Gasteiger partial charge is 0.156 e. The summed E-state index contributed by atoms with van der Waals surface area (Å²) in [6.07, 6.45) is 4.85. The highest BCUT2D eigenvalue weighted by molar-refractivity contribution is 5.65. The van der Waals surface area contributed by atoms with Gasteiger partial charge in [0.25, 0.3) is 0 Å². The molecule has 0 unspecified atom stereocenters. The monoisotopic (exact) mass is 364 g/mol. The Morgan fingerprint density at radius 2 is 1.96 bits per heavy atom. The lowest BCUT2D eigenvalue weighted by Crippen LogP contribution is -2.32. The zero-order valence-corrected chi connectivity index (χ0v) is 16.2. The first-order valence-electron chi connectivity index (χ1n) is 9.14. The quantitative estimate of drug-likeness (QED) is 0.768. The van der Waals surface area contributed by atoms with Crippen LogP contribution >= 0.6 is 0 Å². The molecule has 0 spiro atoms. The number of rotatable bonds is 3. The van der Waals surface area contributed by atoms with Crippen LogP contribution < -0.4 is 4.90 Å². The Balaban J connectivity index is 1.70. The first-order valence-corrected chi connectivity index (χ1v) is 9.14. The molecule has 27 heavy (non-hydrogen) atoms. The molecule has 0 saturated heterocycles. The number of nitrogens with zero attached hydrogens (tertiary/aromatic N) is 6. The van der Waals surface area contributed by atoms with Gasteiger partial charge >= 0.3 is 0 Å². The maximum absolute atomic E-state index is 9.46. The lowest BCUT2D eigenvalue weighted by Gasteiger charge is -2.31. The average molecular weight is 364 g/mol. The summed E-state index contributed by atoms with van der Waals surface area (Å²) < 4.78 is 1.83. The van der Waals surface area contributed by atoms with Gasteiger partial charge in [0.05, 0.1) is 5.69 Å². The molecular weight excluding hydrogens is 340 g/mol. The van der Waals surface area contributed by atoms with E-state index in [1.54, 1.807) is 0 Å². The molecule has 0 fully saturated rings. The van der Waals surface area contributed by atoms with Crippen molar-refractivity contribution in [3.8, 4) is 11.1 Å². The fourth-order valence-corrected chi connectivity index (χ4v) is 3.69. The average Bonchev–Trinajstić information content (AvgIpc) is 3.01. The Morgan fingerprint density at radius 3 is 2.67 bits per heavy atom. The van der Waals surface area contributed by atoms with Crippen molar-refractivity contribution in [3.05, 3.63) is 52.5 Å². The number of hydrogen-bond donors (Lipinski definition) is 1. The van der Waals surface area contributed by atoms with Crippen LogP contribution in [0.25, 0.3) is 11.1 Å². The lowest BCUT2D eigenvalue weighted by molar-refractivity contribution is 0.271. The number of aryl methyl sites for hydroxylation is 3. The van der Waals surface area contributed by atoms with Gasteiger partial charge in [0, 0.05) is 67.0 Å². The molecule has 0 aliphatic carbocycles. The van der Waals surface area contributed by atoms with Crippen LogP contribution in [0.1, 0.15) is 34.0 Å². The molecule has 7 heteroatoms. The zero-order chi connectivity index (χ0) is 19.1. The molecular formula is C20H24N6O. The Labute approximate surface area is 158 Å². The maximum atomic E-state index is 9.46. The number of aromatic nitrogens is 5. The Bertz CT molecular complexity index is 1010. The van der Waals surface area contributed by atoms with Gasteiger partial charge in [-0.05, 0) is 32.4 Å². The molecule has 0 radical (unpaired) electrons. The van der Waals surface area contributed by atoms with Gasteiger partial charge in [-0.15, -0.1) is 0 Å². The molecule has 4 rings (SSSR count). The van der Waals surface area contributed by atoms with Crippen molar-refractivity contribution >= 4 is 5.82 Å². The summed E-state index contributed by atoms with van der Waals surface area (Å²) in [5, 5.41) is 13.9. The Morgan fingerprint density at radius 1 is 1.15 bits per heavy atom. The molecule has 0 amide bonds. The second-order valence-electron chi connectivity index (χ2n) is 7.14. The molecule has 1 aliphatic rings. The van der Waals surface area contributed by atoms with Crippen LogP contribution in [-0.4, -0.2) is 36.4 Å². The minimum absolute atomic E-state index is 0.148. The van der Waals surface area contributed by atoms with Crippen LogP contribution in [0.2, 0.25) is 0 Å². The largest absolute Gasteiger partial charge is 0.388 e. The first kappa shape index (κ1) is 17.6. The Kier molecular flexibility index (Phi) is 4.39. The van der Waals surface area contributed by atoms with E-state index in [0.717, 1.165) is 59.1 Å². The van der Waals surface area contributed by atoms with Crippen molar-refractivity contribution in [2.24, 2.45) is 7.05 Å². The summed E-state index contributed by atoms with van der Waals surface area (Å²) in [6, 6.07) is 2.22. The predicted octanol–water partition coefficient (Wildman–Crippen LogP) is 2.25. The van der Waals surface area contributed by atoms with Crippen LogP contribution in [-0.2, 0) is 26.6 Å². The molecule has 0 atom stereocenters. The van der Waals surface area contributed by atoms with E-state index in [-0.39, 0.29) is 6.61 Å². The molecule has 0 saturated carbocycles. The second kappa shape index (κ2) is 6.74. The molecule has 3 aromatic heterocycles. The fourth-order valence-electron chi connectivity index (χ4n) is 3.69. The Hall–Kier alpha value is -2.80. The van der Waals surface area contributed by atoms with Crippen LogP contribution in [0.3, 0.4) is 0 Å². The van der Waals surface area contributed by atoms with E-state index in [1.807, 2.05) is 44.9 Å². The number of hydrogen-bond acceptors (Lipinski definition) is 6. The van der Waals surface area contributed by atoms with Gasteiger partial charge in [0.1, 0.15) is 12.4 Å². The molecule has 3 aromatic rings. The minimum Gasteiger partial charge on any atom is -0.388 e. The standard InChI is InChI=1S/C20H24N6O/c1-12-13(2)22-19(11-27)23-20(12)26-6-5-18-16(9-26)7-15(8-21-18)17-10-25(4)24-14(17)3/h7-8,10,27H,5-6,9,11H2,1-4H3. The van der Waals surface area contributed by atoms with Crippen molar-refractivity contribution < 1.29 is 5.11 Å². The normalized spacial score (nSPS) is 13.7. The van der Waals surface area contributed by atoms with E-state index in [2.05, 4.69) is 26.0 Å². The minimum atomic E-state index is -0.148. The van der Waals surface area contributed by atoms with Crippen molar-refractivity contribution in [1.82, 2.24) is 24.7 Å². The van der Waals surface area contributed by atoms with Crippen LogP contribution in [0.4, 0.5) is 5.82 Å². The molecule has 0 bridgehead atoms. The van der Waals surface area contributed by atoms with E-state index in [0.29, 0.717) is 5.82 Å². The van der Waals surface area contributed by atoms with Crippen LogP contribution in [0.5, 0.6) is 0 Å². The number of fused-ring (bicyclic) bond motifs is 1. The maximum Gasteiger partial charge on any atom is 0.156 e. The van der Waals surface area contributed by atoms with Crippen molar-refractivity contribution in [1.29, 1.82) is 0 Å². The summed E-state index contributed by atoms with van der Waals surface area (Å²) in [4.78, 5) is 15.9. The molecule has 140 valence electrons. The first-order chi connectivity index (χ1) is 13.0. The molecule has 4 heterocycles. The van der Waals surface area contributed by atoms with Gasteiger partial charge in [-0.25, -0.2) is 9.97 Å². The summed E-state index contributed by atoms with van der Waals surface area (Å²) in [6.45, 7) is 7.47. The van der Waals surface area contributed by atoms with Gasteiger partial charge < -0.3 is 10.0 Å². The molecule has 7 nitrogen and oxygen atoms in total. The molecule has 0 aromatic carbocycles. The van der Waals surface area contributed by atoms with Gasteiger partial charge in [-0.1, -0.05) is 0 Å². The third-order valence-electron chi connectivity index (χ3n) is 5.21. The SMILES string of the molecule is Cc1nn(C)cc1-c1cnc2c(c1)CN(c1nc(CO)nc(C)c1C)CC2. The summed E-state index contributed by atoms with van der Waals surface area (Å²) in [5.41, 5.74) is 7.53.